The average Bonchev–Trinajstić information content (AvgIpc) is 2.30. The smallest absolute Gasteiger partial charge is 0.420 e. The third-order valence-electron chi connectivity index (χ3n) is 2.94. The van der Waals surface area contributed by atoms with Crippen molar-refractivity contribution in [2.24, 2.45) is 5.92 Å². The van der Waals surface area contributed by atoms with E-state index in [0.717, 1.165) is 18.9 Å². The van der Waals surface area contributed by atoms with Gasteiger partial charge in [0.05, 0.1) is 12.2 Å². The van der Waals surface area contributed by atoms with E-state index in [1.54, 1.807) is 0 Å². The Balaban J connectivity index is 2.88. The molecule has 5 heteroatoms. The first-order valence-corrected chi connectivity index (χ1v) is 5.98. The molecule has 2 N–H and O–H groups in total. The van der Waals surface area contributed by atoms with Crippen molar-refractivity contribution < 1.29 is 17.9 Å². The lowest BCUT2D eigenvalue weighted by Gasteiger charge is -2.17. The zero-order chi connectivity index (χ0) is 13.8. The maximum absolute atomic E-state index is 12.8. The van der Waals surface area contributed by atoms with E-state index in [1.807, 2.05) is 13.8 Å². The van der Waals surface area contributed by atoms with Crippen LogP contribution in [0.5, 0.6) is 5.75 Å². The van der Waals surface area contributed by atoms with E-state index in [4.69, 9.17) is 10.5 Å². The monoisotopic (exact) mass is 261 g/mol. The molecule has 0 saturated heterocycles. The highest BCUT2D eigenvalue weighted by atomic mass is 19.4. The van der Waals surface area contributed by atoms with Gasteiger partial charge in [0.15, 0.2) is 0 Å². The number of benzene rings is 1. The molecule has 102 valence electrons. The minimum atomic E-state index is -4.45. The van der Waals surface area contributed by atoms with Crippen LogP contribution >= 0.6 is 0 Å². The Morgan fingerprint density at radius 1 is 1.22 bits per heavy atom. The quantitative estimate of drug-likeness (QED) is 0.810. The first-order chi connectivity index (χ1) is 8.38. The number of hydrogen-bond donors (Lipinski definition) is 1. The van der Waals surface area contributed by atoms with Gasteiger partial charge in [0.1, 0.15) is 5.75 Å². The predicted molar refractivity (Wildman–Crippen MR) is 65.4 cm³/mol. The second-order valence-corrected chi connectivity index (χ2v) is 4.25. The Kier molecular flexibility index (Phi) is 4.87. The molecule has 0 fully saturated rings. The lowest BCUT2D eigenvalue weighted by atomic mass is 10.1. The Hall–Kier alpha value is -1.39. The minimum Gasteiger partial charge on any atom is -0.493 e. The van der Waals surface area contributed by atoms with E-state index in [9.17, 15) is 13.2 Å². The molecule has 0 aromatic heterocycles. The van der Waals surface area contributed by atoms with Crippen LogP contribution in [0.15, 0.2) is 18.2 Å². The van der Waals surface area contributed by atoms with E-state index in [2.05, 4.69) is 0 Å². The first-order valence-electron chi connectivity index (χ1n) is 5.98. The van der Waals surface area contributed by atoms with Gasteiger partial charge < -0.3 is 10.5 Å². The van der Waals surface area contributed by atoms with Crippen molar-refractivity contribution in [3.8, 4) is 5.75 Å². The van der Waals surface area contributed by atoms with Crippen LogP contribution in [-0.4, -0.2) is 6.61 Å². The molecule has 0 spiro atoms. The molecule has 2 nitrogen and oxygen atoms in total. The van der Waals surface area contributed by atoms with Crippen molar-refractivity contribution in [2.75, 3.05) is 12.3 Å². The van der Waals surface area contributed by atoms with Crippen LogP contribution in [0.1, 0.15) is 32.3 Å². The fourth-order valence-electron chi connectivity index (χ4n) is 1.63. The van der Waals surface area contributed by atoms with Gasteiger partial charge in [-0.05, 0) is 24.1 Å². The zero-order valence-corrected chi connectivity index (χ0v) is 10.6. The maximum Gasteiger partial charge on any atom is 0.420 e. The highest BCUT2D eigenvalue weighted by molar-refractivity contribution is 5.49. The van der Waals surface area contributed by atoms with Crippen LogP contribution in [-0.2, 0) is 6.18 Å². The topological polar surface area (TPSA) is 35.2 Å². The van der Waals surface area contributed by atoms with Crippen LogP contribution < -0.4 is 10.5 Å². The molecule has 0 heterocycles. The molecule has 1 aromatic rings. The standard InChI is InChI=1S/C13H18F3NO/c1-3-9(4-2)8-18-12-6-5-10(17)7-11(12)13(14,15)16/h5-7,9H,3-4,8,17H2,1-2H3. The van der Waals surface area contributed by atoms with Crippen molar-refractivity contribution >= 4 is 5.69 Å². The second kappa shape index (κ2) is 5.98. The normalized spacial score (nSPS) is 11.9. The minimum absolute atomic E-state index is 0.0807. The van der Waals surface area contributed by atoms with E-state index < -0.39 is 11.7 Å². The van der Waals surface area contributed by atoms with Crippen molar-refractivity contribution in [1.29, 1.82) is 0 Å². The van der Waals surface area contributed by atoms with Gasteiger partial charge in [-0.15, -0.1) is 0 Å². The fourth-order valence-corrected chi connectivity index (χ4v) is 1.63. The van der Waals surface area contributed by atoms with E-state index >= 15 is 0 Å². The Bertz CT molecular complexity index is 386. The summed E-state index contributed by atoms with van der Waals surface area (Å²) in [7, 11) is 0. The molecule has 0 radical (unpaired) electrons. The fraction of sp³-hybridized carbons (Fsp3) is 0.538. The average molecular weight is 261 g/mol. The largest absolute Gasteiger partial charge is 0.493 e. The number of ether oxygens (including phenoxy) is 1. The highest BCUT2D eigenvalue weighted by Gasteiger charge is 2.34. The molecule has 0 aliphatic carbocycles. The number of alkyl halides is 3. The third-order valence-corrected chi connectivity index (χ3v) is 2.94. The number of nitrogen functional groups attached to an aromatic ring is 1. The summed E-state index contributed by atoms with van der Waals surface area (Å²) in [5, 5.41) is 0. The number of rotatable bonds is 5. The molecule has 0 aliphatic rings. The van der Waals surface area contributed by atoms with Crippen molar-refractivity contribution in [1.82, 2.24) is 0 Å². The first kappa shape index (κ1) is 14.7. The number of nitrogens with two attached hydrogens (primary N) is 1. The number of hydrogen-bond acceptors (Lipinski definition) is 2. The van der Waals surface area contributed by atoms with Gasteiger partial charge in [-0.2, -0.15) is 13.2 Å². The van der Waals surface area contributed by atoms with Crippen molar-refractivity contribution in [3.63, 3.8) is 0 Å². The summed E-state index contributed by atoms with van der Waals surface area (Å²) >= 11 is 0. The summed E-state index contributed by atoms with van der Waals surface area (Å²) in [5.74, 6) is 0.118. The molecular formula is C13H18F3NO. The van der Waals surface area contributed by atoms with Crippen LogP contribution in [0.25, 0.3) is 0 Å². The second-order valence-electron chi connectivity index (χ2n) is 4.25. The number of halogens is 3. The molecule has 0 saturated carbocycles. The molecule has 1 rings (SSSR count). The number of anilines is 1. The van der Waals surface area contributed by atoms with Crippen molar-refractivity contribution in [3.05, 3.63) is 23.8 Å². The van der Waals surface area contributed by atoms with Gasteiger partial charge in [0.2, 0.25) is 0 Å². The van der Waals surface area contributed by atoms with Crippen LogP contribution in [0, 0.1) is 5.92 Å². The zero-order valence-electron chi connectivity index (χ0n) is 10.6. The SMILES string of the molecule is CCC(CC)COc1ccc(N)cc1C(F)(F)F. The summed E-state index contributed by atoms with van der Waals surface area (Å²) < 4.78 is 43.6. The Labute approximate surface area is 105 Å². The van der Waals surface area contributed by atoms with E-state index in [1.165, 1.54) is 12.1 Å². The molecule has 1 aromatic carbocycles. The van der Waals surface area contributed by atoms with Gasteiger partial charge in [0, 0.05) is 5.69 Å². The van der Waals surface area contributed by atoms with Gasteiger partial charge in [0.25, 0.3) is 0 Å². The predicted octanol–water partition coefficient (Wildman–Crippen LogP) is 4.10. The van der Waals surface area contributed by atoms with Crippen LogP contribution in [0.4, 0.5) is 18.9 Å². The molecule has 0 amide bonds. The van der Waals surface area contributed by atoms with E-state index in [0.29, 0.717) is 6.61 Å². The summed E-state index contributed by atoms with van der Waals surface area (Å²) in [6, 6.07) is 3.60. The van der Waals surface area contributed by atoms with Gasteiger partial charge in [-0.25, -0.2) is 0 Å². The lowest BCUT2D eigenvalue weighted by molar-refractivity contribution is -0.139. The third kappa shape index (κ3) is 3.82. The van der Waals surface area contributed by atoms with Gasteiger partial charge in [-0.3, -0.25) is 0 Å². The molecule has 0 aliphatic heterocycles. The molecular weight excluding hydrogens is 243 g/mol. The summed E-state index contributed by atoms with van der Waals surface area (Å²) in [4.78, 5) is 0. The lowest BCUT2D eigenvalue weighted by Crippen LogP contribution is -2.14. The van der Waals surface area contributed by atoms with E-state index in [-0.39, 0.29) is 17.4 Å². The molecule has 18 heavy (non-hydrogen) atoms. The molecule has 0 bridgehead atoms. The van der Waals surface area contributed by atoms with Crippen molar-refractivity contribution in [2.45, 2.75) is 32.9 Å². The summed E-state index contributed by atoms with van der Waals surface area (Å²) in [5.41, 5.74) is 4.65. The van der Waals surface area contributed by atoms with Gasteiger partial charge in [-0.1, -0.05) is 26.7 Å². The Morgan fingerprint density at radius 2 is 1.83 bits per heavy atom. The highest BCUT2D eigenvalue weighted by Crippen LogP contribution is 2.37. The van der Waals surface area contributed by atoms with Crippen LogP contribution in [0.2, 0.25) is 0 Å². The summed E-state index contributed by atoms with van der Waals surface area (Å²) in [6.07, 6.45) is -2.68. The molecule has 0 unspecified atom stereocenters. The molecule has 0 atom stereocenters. The Morgan fingerprint density at radius 3 is 2.33 bits per heavy atom. The van der Waals surface area contributed by atoms with Crippen LogP contribution in [0.3, 0.4) is 0 Å². The summed E-state index contributed by atoms with van der Waals surface area (Å²) in [6.45, 7) is 4.27. The van der Waals surface area contributed by atoms with Gasteiger partial charge >= 0.3 is 6.18 Å². The maximum atomic E-state index is 12.8.